The van der Waals surface area contributed by atoms with Crippen molar-refractivity contribution in [1.82, 2.24) is 5.32 Å². The normalized spacial score (nSPS) is 13.5. The lowest BCUT2D eigenvalue weighted by atomic mass is 10.1. The van der Waals surface area contributed by atoms with Gasteiger partial charge in [-0.05, 0) is 37.1 Å². The average Bonchev–Trinajstić information content (AvgIpc) is 2.81. The summed E-state index contributed by atoms with van der Waals surface area (Å²) in [7, 11) is 0. The SMILES string of the molecule is CCOCCNCCc1ccc2c(c1)CCO2. The van der Waals surface area contributed by atoms with Crippen LogP contribution < -0.4 is 10.1 Å². The van der Waals surface area contributed by atoms with Gasteiger partial charge in [-0.15, -0.1) is 0 Å². The molecule has 1 aliphatic heterocycles. The minimum atomic E-state index is 0.798. The summed E-state index contributed by atoms with van der Waals surface area (Å²) in [6.45, 7) is 6.40. The van der Waals surface area contributed by atoms with Crippen LogP contribution in [0.1, 0.15) is 18.1 Å². The Morgan fingerprint density at radius 2 is 2.29 bits per heavy atom. The van der Waals surface area contributed by atoms with Gasteiger partial charge in [0.05, 0.1) is 13.2 Å². The van der Waals surface area contributed by atoms with E-state index in [9.17, 15) is 0 Å². The van der Waals surface area contributed by atoms with Gasteiger partial charge in [0.15, 0.2) is 0 Å². The average molecular weight is 235 g/mol. The van der Waals surface area contributed by atoms with Gasteiger partial charge in [-0.2, -0.15) is 0 Å². The first-order valence-electron chi connectivity index (χ1n) is 6.43. The van der Waals surface area contributed by atoms with E-state index < -0.39 is 0 Å². The lowest BCUT2D eigenvalue weighted by Crippen LogP contribution is -2.22. The van der Waals surface area contributed by atoms with Crippen molar-refractivity contribution < 1.29 is 9.47 Å². The Morgan fingerprint density at radius 3 is 3.18 bits per heavy atom. The van der Waals surface area contributed by atoms with Crippen molar-refractivity contribution in [2.24, 2.45) is 0 Å². The zero-order valence-corrected chi connectivity index (χ0v) is 10.5. The predicted molar refractivity (Wildman–Crippen MR) is 68.7 cm³/mol. The second-order valence-electron chi connectivity index (χ2n) is 4.24. The number of ether oxygens (including phenoxy) is 2. The molecule has 2 rings (SSSR count). The molecule has 0 fully saturated rings. The molecular formula is C14H21NO2. The molecule has 0 saturated heterocycles. The minimum Gasteiger partial charge on any atom is -0.493 e. The van der Waals surface area contributed by atoms with E-state index in [2.05, 4.69) is 23.5 Å². The van der Waals surface area contributed by atoms with Crippen LogP contribution in [0.25, 0.3) is 0 Å². The first-order valence-corrected chi connectivity index (χ1v) is 6.43. The number of fused-ring (bicyclic) bond motifs is 1. The van der Waals surface area contributed by atoms with Crippen molar-refractivity contribution in [2.45, 2.75) is 19.8 Å². The van der Waals surface area contributed by atoms with E-state index in [-0.39, 0.29) is 0 Å². The van der Waals surface area contributed by atoms with Crippen LogP contribution in [0.4, 0.5) is 0 Å². The molecule has 17 heavy (non-hydrogen) atoms. The lowest BCUT2D eigenvalue weighted by molar-refractivity contribution is 0.149. The molecule has 1 aliphatic rings. The second kappa shape index (κ2) is 6.62. The Bertz CT molecular complexity index is 352. The van der Waals surface area contributed by atoms with E-state index in [0.29, 0.717) is 0 Å². The number of rotatable bonds is 7. The molecule has 1 N–H and O–H groups in total. The molecule has 0 aliphatic carbocycles. The molecule has 94 valence electrons. The molecule has 3 nitrogen and oxygen atoms in total. The fourth-order valence-corrected chi connectivity index (χ4v) is 2.04. The maximum atomic E-state index is 5.49. The summed E-state index contributed by atoms with van der Waals surface area (Å²) in [6.07, 6.45) is 2.13. The fraction of sp³-hybridized carbons (Fsp3) is 0.571. The Morgan fingerprint density at radius 1 is 1.35 bits per heavy atom. The molecule has 0 bridgehead atoms. The van der Waals surface area contributed by atoms with Crippen LogP contribution in [-0.4, -0.2) is 32.9 Å². The lowest BCUT2D eigenvalue weighted by Gasteiger charge is -2.06. The van der Waals surface area contributed by atoms with Crippen LogP contribution in [-0.2, 0) is 17.6 Å². The van der Waals surface area contributed by atoms with Crippen LogP contribution in [0.3, 0.4) is 0 Å². The van der Waals surface area contributed by atoms with E-state index in [1.54, 1.807) is 0 Å². The molecule has 0 unspecified atom stereocenters. The molecule has 3 heteroatoms. The van der Waals surface area contributed by atoms with Crippen molar-refractivity contribution in [3.63, 3.8) is 0 Å². The highest BCUT2D eigenvalue weighted by atomic mass is 16.5. The summed E-state index contributed by atoms with van der Waals surface area (Å²) in [5, 5.41) is 3.38. The van der Waals surface area contributed by atoms with Gasteiger partial charge in [-0.1, -0.05) is 12.1 Å². The van der Waals surface area contributed by atoms with Gasteiger partial charge in [0, 0.05) is 19.6 Å². The summed E-state index contributed by atoms with van der Waals surface area (Å²) in [4.78, 5) is 0. The van der Waals surface area contributed by atoms with Crippen LogP contribution in [0.5, 0.6) is 5.75 Å². The quantitative estimate of drug-likeness (QED) is 0.731. The van der Waals surface area contributed by atoms with Crippen molar-refractivity contribution in [3.8, 4) is 5.75 Å². The highest BCUT2D eigenvalue weighted by Crippen LogP contribution is 2.25. The van der Waals surface area contributed by atoms with E-state index in [1.807, 2.05) is 6.92 Å². The van der Waals surface area contributed by atoms with Crippen LogP contribution >= 0.6 is 0 Å². The highest BCUT2D eigenvalue weighted by Gasteiger charge is 2.11. The smallest absolute Gasteiger partial charge is 0.122 e. The zero-order chi connectivity index (χ0) is 11.9. The van der Waals surface area contributed by atoms with E-state index in [0.717, 1.165) is 51.5 Å². The summed E-state index contributed by atoms with van der Waals surface area (Å²) in [5.41, 5.74) is 2.75. The first kappa shape index (κ1) is 12.4. The molecule has 1 heterocycles. The van der Waals surface area contributed by atoms with Crippen molar-refractivity contribution >= 4 is 0 Å². The molecular weight excluding hydrogens is 214 g/mol. The molecule has 1 aromatic rings. The summed E-state index contributed by atoms with van der Waals surface area (Å²) in [6, 6.07) is 6.53. The number of hydrogen-bond acceptors (Lipinski definition) is 3. The van der Waals surface area contributed by atoms with Gasteiger partial charge >= 0.3 is 0 Å². The Hall–Kier alpha value is -1.06. The molecule has 0 aromatic heterocycles. The van der Waals surface area contributed by atoms with Gasteiger partial charge in [-0.3, -0.25) is 0 Å². The molecule has 0 amide bonds. The second-order valence-corrected chi connectivity index (χ2v) is 4.24. The minimum absolute atomic E-state index is 0.798. The standard InChI is InChI=1S/C14H21NO2/c1-2-16-10-8-15-7-5-12-3-4-14-13(11-12)6-9-17-14/h3-4,11,15H,2,5-10H2,1H3. The Kier molecular flexibility index (Phi) is 4.83. The predicted octanol–water partition coefficient (Wildman–Crippen LogP) is 1.79. The molecule has 0 atom stereocenters. The third-order valence-corrected chi connectivity index (χ3v) is 2.97. The van der Waals surface area contributed by atoms with Crippen LogP contribution in [0.15, 0.2) is 18.2 Å². The van der Waals surface area contributed by atoms with Crippen molar-refractivity contribution in [2.75, 3.05) is 32.9 Å². The third-order valence-electron chi connectivity index (χ3n) is 2.97. The van der Waals surface area contributed by atoms with Crippen molar-refractivity contribution in [3.05, 3.63) is 29.3 Å². The molecule has 0 saturated carbocycles. The highest BCUT2D eigenvalue weighted by molar-refractivity contribution is 5.39. The van der Waals surface area contributed by atoms with Crippen molar-refractivity contribution in [1.29, 1.82) is 0 Å². The van der Waals surface area contributed by atoms with Gasteiger partial charge in [0.25, 0.3) is 0 Å². The number of benzene rings is 1. The monoisotopic (exact) mass is 235 g/mol. The van der Waals surface area contributed by atoms with Gasteiger partial charge in [0.1, 0.15) is 5.75 Å². The Labute approximate surface area is 103 Å². The van der Waals surface area contributed by atoms with E-state index >= 15 is 0 Å². The summed E-state index contributed by atoms with van der Waals surface area (Å²) < 4.78 is 10.8. The van der Waals surface area contributed by atoms with E-state index in [4.69, 9.17) is 9.47 Å². The molecule has 1 aromatic carbocycles. The van der Waals surface area contributed by atoms with Crippen LogP contribution in [0, 0.1) is 0 Å². The number of nitrogens with one attached hydrogen (secondary N) is 1. The Balaban J connectivity index is 1.69. The van der Waals surface area contributed by atoms with E-state index in [1.165, 1.54) is 11.1 Å². The zero-order valence-electron chi connectivity index (χ0n) is 10.5. The summed E-state index contributed by atoms with van der Waals surface area (Å²) in [5.74, 6) is 1.07. The molecule has 0 spiro atoms. The maximum Gasteiger partial charge on any atom is 0.122 e. The fourth-order valence-electron chi connectivity index (χ4n) is 2.04. The summed E-state index contributed by atoms with van der Waals surface area (Å²) >= 11 is 0. The first-order chi connectivity index (χ1) is 8.40. The topological polar surface area (TPSA) is 30.5 Å². The molecule has 0 radical (unpaired) electrons. The maximum absolute atomic E-state index is 5.49. The van der Waals surface area contributed by atoms with Crippen LogP contribution in [0.2, 0.25) is 0 Å². The van der Waals surface area contributed by atoms with Gasteiger partial charge in [0.2, 0.25) is 0 Å². The third kappa shape index (κ3) is 3.72. The van der Waals surface area contributed by atoms with Gasteiger partial charge < -0.3 is 14.8 Å². The van der Waals surface area contributed by atoms with Gasteiger partial charge in [-0.25, -0.2) is 0 Å². The number of hydrogen-bond donors (Lipinski definition) is 1. The largest absolute Gasteiger partial charge is 0.493 e.